The molecule has 0 atom stereocenters. The number of nitrogens with two attached hydrogens (primary N) is 2. The smallest absolute Gasteiger partial charge is 0.316 e. The minimum Gasteiger partial charge on any atom is -0.351 e. The molecule has 4 nitrogen and oxygen atoms in total. The second kappa shape index (κ2) is 4.47. The zero-order valence-electron chi connectivity index (χ0n) is 7.29. The Bertz CT molecular complexity index is 299. The lowest BCUT2D eigenvalue weighted by Gasteiger charge is -2.03. The molecule has 2 amide bonds. The van der Waals surface area contributed by atoms with Crippen LogP contribution in [0.3, 0.4) is 0 Å². The fourth-order valence-electron chi connectivity index (χ4n) is 1.11. The van der Waals surface area contributed by atoms with Gasteiger partial charge in [-0.15, -0.1) is 0 Å². The summed E-state index contributed by atoms with van der Waals surface area (Å²) in [4.78, 5) is 10.5. The average Bonchev–Trinajstić information content (AvgIpc) is 2.04. The second-order valence-electron chi connectivity index (χ2n) is 2.73. The molecule has 0 aliphatic carbocycles. The monoisotopic (exact) mass is 179 g/mol. The third kappa shape index (κ3) is 3.13. The maximum atomic E-state index is 10.5. The Morgan fingerprint density at radius 1 is 1.46 bits per heavy atom. The Labute approximate surface area is 76.9 Å². The second-order valence-corrected chi connectivity index (χ2v) is 2.73. The van der Waals surface area contributed by atoms with E-state index < -0.39 is 6.03 Å². The van der Waals surface area contributed by atoms with Gasteiger partial charge in [0.1, 0.15) is 0 Å². The number of hydrogen-bond acceptors (Lipinski definition) is 2. The van der Waals surface area contributed by atoms with E-state index in [1.807, 2.05) is 18.2 Å². The van der Waals surface area contributed by atoms with E-state index in [-0.39, 0.29) is 0 Å². The van der Waals surface area contributed by atoms with Gasteiger partial charge in [0.05, 0.1) is 0 Å². The SMILES string of the molecule is NCCc1cccc(NC(N)=O)c1. The highest BCUT2D eigenvalue weighted by molar-refractivity contribution is 5.87. The molecular weight excluding hydrogens is 166 g/mol. The Balaban J connectivity index is 2.73. The number of rotatable bonds is 3. The molecule has 1 aromatic carbocycles. The van der Waals surface area contributed by atoms with Crippen molar-refractivity contribution in [2.75, 3.05) is 11.9 Å². The average molecular weight is 179 g/mol. The summed E-state index contributed by atoms with van der Waals surface area (Å²) in [6, 6.07) is 6.91. The van der Waals surface area contributed by atoms with Gasteiger partial charge in [0, 0.05) is 5.69 Å². The fourth-order valence-corrected chi connectivity index (χ4v) is 1.11. The molecule has 1 rings (SSSR count). The van der Waals surface area contributed by atoms with Crippen LogP contribution >= 0.6 is 0 Å². The third-order valence-corrected chi connectivity index (χ3v) is 1.63. The van der Waals surface area contributed by atoms with E-state index in [0.29, 0.717) is 12.2 Å². The zero-order valence-corrected chi connectivity index (χ0v) is 7.29. The highest BCUT2D eigenvalue weighted by Crippen LogP contribution is 2.10. The van der Waals surface area contributed by atoms with Crippen LogP contribution in [-0.2, 0) is 6.42 Å². The van der Waals surface area contributed by atoms with E-state index in [0.717, 1.165) is 12.0 Å². The van der Waals surface area contributed by atoms with E-state index in [1.165, 1.54) is 0 Å². The van der Waals surface area contributed by atoms with Crippen molar-refractivity contribution in [3.8, 4) is 0 Å². The van der Waals surface area contributed by atoms with E-state index in [9.17, 15) is 4.79 Å². The first kappa shape index (κ1) is 9.54. The molecule has 0 bridgehead atoms. The summed E-state index contributed by atoms with van der Waals surface area (Å²) >= 11 is 0. The number of amides is 2. The summed E-state index contributed by atoms with van der Waals surface area (Å²) in [7, 11) is 0. The lowest BCUT2D eigenvalue weighted by molar-refractivity contribution is 0.259. The van der Waals surface area contributed by atoms with E-state index in [2.05, 4.69) is 5.32 Å². The van der Waals surface area contributed by atoms with Crippen molar-refractivity contribution < 1.29 is 4.79 Å². The van der Waals surface area contributed by atoms with Gasteiger partial charge >= 0.3 is 6.03 Å². The van der Waals surface area contributed by atoms with Crippen LogP contribution in [-0.4, -0.2) is 12.6 Å². The van der Waals surface area contributed by atoms with Crippen molar-refractivity contribution in [3.63, 3.8) is 0 Å². The summed E-state index contributed by atoms with van der Waals surface area (Å²) < 4.78 is 0. The van der Waals surface area contributed by atoms with Gasteiger partial charge in [-0.05, 0) is 30.7 Å². The normalized spacial score (nSPS) is 9.62. The van der Waals surface area contributed by atoms with Crippen LogP contribution in [0.25, 0.3) is 0 Å². The molecule has 4 heteroatoms. The standard InChI is InChI=1S/C9H13N3O/c10-5-4-7-2-1-3-8(6-7)12-9(11)13/h1-3,6H,4-5,10H2,(H3,11,12,13). The molecular formula is C9H13N3O. The largest absolute Gasteiger partial charge is 0.351 e. The molecule has 5 N–H and O–H groups in total. The maximum absolute atomic E-state index is 10.5. The van der Waals surface area contributed by atoms with Crippen molar-refractivity contribution in [3.05, 3.63) is 29.8 Å². The van der Waals surface area contributed by atoms with E-state index in [1.54, 1.807) is 6.07 Å². The van der Waals surface area contributed by atoms with Gasteiger partial charge in [-0.3, -0.25) is 0 Å². The molecule has 0 aliphatic heterocycles. The first-order chi connectivity index (χ1) is 6.22. The maximum Gasteiger partial charge on any atom is 0.316 e. The van der Waals surface area contributed by atoms with E-state index in [4.69, 9.17) is 11.5 Å². The van der Waals surface area contributed by atoms with Gasteiger partial charge in [0.15, 0.2) is 0 Å². The lowest BCUT2D eigenvalue weighted by Crippen LogP contribution is -2.19. The number of primary amides is 1. The Kier molecular flexibility index (Phi) is 3.28. The van der Waals surface area contributed by atoms with Crippen LogP contribution < -0.4 is 16.8 Å². The van der Waals surface area contributed by atoms with Crippen molar-refractivity contribution in [2.45, 2.75) is 6.42 Å². The van der Waals surface area contributed by atoms with Crippen molar-refractivity contribution in [2.24, 2.45) is 11.5 Å². The molecule has 0 spiro atoms. The van der Waals surface area contributed by atoms with Gasteiger partial charge in [-0.25, -0.2) is 4.79 Å². The van der Waals surface area contributed by atoms with Crippen molar-refractivity contribution in [1.29, 1.82) is 0 Å². The first-order valence-electron chi connectivity index (χ1n) is 4.08. The summed E-state index contributed by atoms with van der Waals surface area (Å²) in [5.41, 5.74) is 12.2. The van der Waals surface area contributed by atoms with Crippen LogP contribution in [0.4, 0.5) is 10.5 Å². The quantitative estimate of drug-likeness (QED) is 0.637. The molecule has 70 valence electrons. The molecule has 0 heterocycles. The minimum absolute atomic E-state index is 0.551. The van der Waals surface area contributed by atoms with Gasteiger partial charge < -0.3 is 16.8 Å². The van der Waals surface area contributed by atoms with Gasteiger partial charge in [0.25, 0.3) is 0 Å². The number of nitrogens with one attached hydrogen (secondary N) is 1. The molecule has 0 aliphatic rings. The third-order valence-electron chi connectivity index (χ3n) is 1.63. The van der Waals surface area contributed by atoms with Crippen molar-refractivity contribution in [1.82, 2.24) is 0 Å². The van der Waals surface area contributed by atoms with E-state index >= 15 is 0 Å². The van der Waals surface area contributed by atoms with Crippen LogP contribution in [0.1, 0.15) is 5.56 Å². The Hall–Kier alpha value is -1.55. The topological polar surface area (TPSA) is 81.1 Å². The summed E-state index contributed by atoms with van der Waals surface area (Å²) in [6.07, 6.45) is 0.800. The van der Waals surface area contributed by atoms with Crippen LogP contribution in [0.5, 0.6) is 0 Å². The summed E-state index contributed by atoms with van der Waals surface area (Å²) in [5.74, 6) is 0. The number of carbonyl (C=O) groups excluding carboxylic acids is 1. The minimum atomic E-state index is -0.551. The molecule has 0 saturated heterocycles. The van der Waals surface area contributed by atoms with Gasteiger partial charge in [-0.1, -0.05) is 12.1 Å². The van der Waals surface area contributed by atoms with Crippen molar-refractivity contribution >= 4 is 11.7 Å². The molecule has 0 fully saturated rings. The molecule has 0 aromatic heterocycles. The first-order valence-corrected chi connectivity index (χ1v) is 4.08. The Morgan fingerprint density at radius 3 is 2.85 bits per heavy atom. The van der Waals surface area contributed by atoms with Crippen LogP contribution in [0, 0.1) is 0 Å². The summed E-state index contributed by atoms with van der Waals surface area (Å²) in [6.45, 7) is 0.597. The highest BCUT2D eigenvalue weighted by Gasteiger charge is 1.96. The fraction of sp³-hybridized carbons (Fsp3) is 0.222. The molecule has 0 radical (unpaired) electrons. The molecule has 13 heavy (non-hydrogen) atoms. The lowest BCUT2D eigenvalue weighted by atomic mass is 10.1. The molecule has 0 saturated carbocycles. The highest BCUT2D eigenvalue weighted by atomic mass is 16.2. The number of carbonyl (C=O) groups is 1. The van der Waals surface area contributed by atoms with Gasteiger partial charge in [-0.2, -0.15) is 0 Å². The predicted octanol–water partition coefficient (Wildman–Crippen LogP) is 0.678. The predicted molar refractivity (Wildman–Crippen MR) is 52.4 cm³/mol. The van der Waals surface area contributed by atoms with Crippen LogP contribution in [0.2, 0.25) is 0 Å². The van der Waals surface area contributed by atoms with Gasteiger partial charge in [0.2, 0.25) is 0 Å². The molecule has 0 unspecified atom stereocenters. The zero-order chi connectivity index (χ0) is 9.68. The summed E-state index contributed by atoms with van der Waals surface area (Å²) in [5, 5.41) is 2.50. The number of urea groups is 1. The number of anilines is 1. The number of benzene rings is 1. The Morgan fingerprint density at radius 2 is 2.23 bits per heavy atom. The molecule has 1 aromatic rings. The van der Waals surface area contributed by atoms with Crippen LogP contribution in [0.15, 0.2) is 24.3 Å². The number of hydrogen-bond donors (Lipinski definition) is 3.